The van der Waals surface area contributed by atoms with Crippen LogP contribution in [0.4, 0.5) is 0 Å². The van der Waals surface area contributed by atoms with Crippen molar-refractivity contribution in [2.75, 3.05) is 0 Å². The molecule has 0 radical (unpaired) electrons. The van der Waals surface area contributed by atoms with E-state index in [0.717, 1.165) is 15.4 Å². The quantitative estimate of drug-likeness (QED) is 0.546. The van der Waals surface area contributed by atoms with Crippen LogP contribution in [0, 0.1) is 0 Å². The Morgan fingerprint density at radius 2 is 1.89 bits per heavy atom. The highest BCUT2D eigenvalue weighted by molar-refractivity contribution is 7.80. The van der Waals surface area contributed by atoms with Gasteiger partial charge in [0.25, 0.3) is 11.1 Å². The molecule has 0 spiro atoms. The second kappa shape index (κ2) is 4.50. The molecule has 2 N–H and O–H groups in total. The molecule has 1 heterocycles. The summed E-state index contributed by atoms with van der Waals surface area (Å²) in [6.07, 6.45) is 0. The zero-order chi connectivity index (χ0) is 14.5. The van der Waals surface area contributed by atoms with Crippen LogP contribution in [0.15, 0.2) is 15.7 Å². The topological polar surface area (TPSA) is 84.5 Å². The molecule has 1 aromatic heterocycles. The molecular weight excluding hydrogens is 292 g/mol. The van der Waals surface area contributed by atoms with Crippen LogP contribution >= 0.6 is 24.2 Å². The Kier molecular flexibility index (Phi) is 3.27. The van der Waals surface area contributed by atoms with Gasteiger partial charge in [0.15, 0.2) is 11.5 Å². The van der Waals surface area contributed by atoms with Crippen molar-refractivity contribution in [2.45, 2.75) is 12.3 Å². The van der Waals surface area contributed by atoms with Crippen molar-refractivity contribution in [3.63, 3.8) is 0 Å². The number of hydrogen-bond acceptors (Lipinski definition) is 5. The summed E-state index contributed by atoms with van der Waals surface area (Å²) in [6.45, 7) is 1.62. The third-order valence-corrected chi connectivity index (χ3v) is 3.43. The molecule has 0 amide bonds. The largest absolute Gasteiger partial charge is 0.504 e. The molecule has 0 fully saturated rings. The normalized spacial score (nSPS) is 12.8. The first-order valence-corrected chi connectivity index (χ1v) is 6.20. The lowest BCUT2D eigenvalue weighted by Gasteiger charge is -2.16. The number of phenols is 2. The first-order valence-electron chi connectivity index (χ1n) is 5.31. The first kappa shape index (κ1) is 13.8. The van der Waals surface area contributed by atoms with E-state index < -0.39 is 28.0 Å². The zero-order valence-corrected chi connectivity index (χ0v) is 11.7. The minimum absolute atomic E-state index is 0.0574. The summed E-state index contributed by atoms with van der Waals surface area (Å²) in [5, 5.41) is 17.9. The Morgan fingerprint density at radius 1 is 1.32 bits per heavy atom. The van der Waals surface area contributed by atoms with Gasteiger partial charge in [-0.3, -0.25) is 9.59 Å². The van der Waals surface area contributed by atoms with Crippen molar-refractivity contribution in [3.05, 3.63) is 31.8 Å². The van der Waals surface area contributed by atoms with E-state index in [1.165, 1.54) is 7.05 Å². The van der Waals surface area contributed by atoms with Crippen LogP contribution in [-0.4, -0.2) is 19.6 Å². The molecule has 8 heteroatoms. The lowest BCUT2D eigenvalue weighted by molar-refractivity contribution is 0.404. The summed E-state index contributed by atoms with van der Waals surface area (Å²) in [4.78, 5) is 24.4. The van der Waals surface area contributed by atoms with Crippen LogP contribution in [0.1, 0.15) is 12.3 Å². The number of aromatic hydroxyl groups is 2. The van der Waals surface area contributed by atoms with E-state index in [0.29, 0.717) is 0 Å². The first-order chi connectivity index (χ1) is 8.77. The van der Waals surface area contributed by atoms with E-state index in [9.17, 15) is 19.8 Å². The van der Waals surface area contributed by atoms with Crippen molar-refractivity contribution in [1.82, 2.24) is 9.36 Å². The predicted molar refractivity (Wildman–Crippen MR) is 75.5 cm³/mol. The molecular formula is C11H11ClN2O4S. The van der Waals surface area contributed by atoms with Crippen LogP contribution < -0.4 is 11.1 Å². The smallest absolute Gasteiger partial charge is 0.275 e. The number of halogens is 1. The van der Waals surface area contributed by atoms with E-state index in [-0.39, 0.29) is 15.8 Å². The Balaban J connectivity index is 3.18. The summed E-state index contributed by atoms with van der Waals surface area (Å²) in [5.74, 6) is -1.18. The number of nitrogens with zero attached hydrogens (tertiary/aromatic N) is 2. The Hall–Kier alpha value is -1.60. The maximum Gasteiger partial charge on any atom is 0.275 e. The fourth-order valence-electron chi connectivity index (χ4n) is 1.95. The van der Waals surface area contributed by atoms with E-state index in [2.05, 4.69) is 12.6 Å². The van der Waals surface area contributed by atoms with Gasteiger partial charge in [0.05, 0.1) is 21.2 Å². The lowest BCUT2D eigenvalue weighted by Crippen LogP contribution is -2.37. The fourth-order valence-corrected chi connectivity index (χ4v) is 2.49. The molecule has 1 unspecified atom stereocenters. The number of thiol groups is 1. The molecule has 1 atom stereocenters. The molecule has 0 saturated carbocycles. The maximum absolute atomic E-state index is 12.3. The van der Waals surface area contributed by atoms with Crippen molar-refractivity contribution in [1.29, 1.82) is 0 Å². The Morgan fingerprint density at radius 3 is 2.42 bits per heavy atom. The average molecular weight is 303 g/mol. The summed E-state index contributed by atoms with van der Waals surface area (Å²) < 4.78 is 2.20. The van der Waals surface area contributed by atoms with Crippen LogP contribution in [0.2, 0.25) is 5.02 Å². The van der Waals surface area contributed by atoms with Crippen molar-refractivity contribution >= 4 is 35.0 Å². The molecule has 0 aliphatic heterocycles. The van der Waals surface area contributed by atoms with E-state index in [1.54, 1.807) is 6.92 Å². The molecule has 2 aromatic rings. The molecule has 6 nitrogen and oxygen atoms in total. The molecule has 0 saturated heterocycles. The highest BCUT2D eigenvalue weighted by atomic mass is 35.5. The lowest BCUT2D eigenvalue weighted by atomic mass is 10.1. The van der Waals surface area contributed by atoms with Gasteiger partial charge in [-0.15, -0.1) is 0 Å². The van der Waals surface area contributed by atoms with Crippen LogP contribution in [0.5, 0.6) is 11.5 Å². The second-order valence-electron chi connectivity index (χ2n) is 4.09. The highest BCUT2D eigenvalue weighted by Gasteiger charge is 2.20. The molecule has 1 aromatic carbocycles. The molecule has 19 heavy (non-hydrogen) atoms. The standard InChI is InChI=1S/C11H11ClN2O4S/c1-4(19)14-11(18)7-5(10(17)13(14)2)3-6(15)9(16)8(7)12/h3-4,15-16,19H,1-2H3. The summed E-state index contributed by atoms with van der Waals surface area (Å²) >= 11 is 9.97. The molecule has 0 bridgehead atoms. The summed E-state index contributed by atoms with van der Waals surface area (Å²) in [5.41, 5.74) is -1.09. The zero-order valence-electron chi connectivity index (χ0n) is 10.1. The van der Waals surface area contributed by atoms with Gasteiger partial charge in [-0.1, -0.05) is 11.6 Å². The summed E-state index contributed by atoms with van der Waals surface area (Å²) in [7, 11) is 1.41. The van der Waals surface area contributed by atoms with Gasteiger partial charge in [0.1, 0.15) is 0 Å². The van der Waals surface area contributed by atoms with Gasteiger partial charge >= 0.3 is 0 Å². The van der Waals surface area contributed by atoms with Gasteiger partial charge in [-0.05, 0) is 13.0 Å². The van der Waals surface area contributed by atoms with Crippen molar-refractivity contribution in [3.8, 4) is 11.5 Å². The second-order valence-corrected chi connectivity index (χ2v) is 5.22. The van der Waals surface area contributed by atoms with E-state index >= 15 is 0 Å². The third-order valence-electron chi connectivity index (χ3n) is 2.84. The third kappa shape index (κ3) is 1.89. The van der Waals surface area contributed by atoms with Gasteiger partial charge in [0, 0.05) is 7.05 Å². The average Bonchev–Trinajstić information content (AvgIpc) is 2.32. The number of rotatable bonds is 1. The van der Waals surface area contributed by atoms with Crippen molar-refractivity contribution in [2.24, 2.45) is 7.05 Å². The van der Waals surface area contributed by atoms with E-state index in [1.807, 2.05) is 0 Å². The maximum atomic E-state index is 12.3. The molecule has 2 rings (SSSR count). The molecule has 102 valence electrons. The fraction of sp³-hybridized carbons (Fsp3) is 0.273. The van der Waals surface area contributed by atoms with Crippen LogP contribution in [-0.2, 0) is 7.05 Å². The molecule has 0 aliphatic rings. The Labute approximate surface area is 117 Å². The van der Waals surface area contributed by atoms with Gasteiger partial charge in [0.2, 0.25) is 0 Å². The SMILES string of the molecule is CC(S)n1c(=O)c2c(Cl)c(O)c(O)cc2c(=O)n1C. The van der Waals surface area contributed by atoms with Gasteiger partial charge in [-0.2, -0.15) is 12.6 Å². The monoisotopic (exact) mass is 302 g/mol. The Bertz CT molecular complexity index is 794. The minimum atomic E-state index is -0.627. The number of aromatic nitrogens is 2. The van der Waals surface area contributed by atoms with Crippen molar-refractivity contribution < 1.29 is 10.2 Å². The predicted octanol–water partition coefficient (Wildman–Crippen LogP) is 1.21. The minimum Gasteiger partial charge on any atom is -0.504 e. The summed E-state index contributed by atoms with van der Waals surface area (Å²) in [6, 6.07) is 1.02. The number of benzene rings is 1. The van der Waals surface area contributed by atoms with Gasteiger partial charge < -0.3 is 10.2 Å². The number of phenolic OH excluding ortho intramolecular Hbond substituents is 2. The van der Waals surface area contributed by atoms with Gasteiger partial charge in [-0.25, -0.2) is 9.36 Å². The van der Waals surface area contributed by atoms with Crippen LogP contribution in [0.25, 0.3) is 10.8 Å². The highest BCUT2D eigenvalue weighted by Crippen LogP contribution is 2.37. The van der Waals surface area contributed by atoms with Crippen LogP contribution in [0.3, 0.4) is 0 Å². The number of hydrogen-bond donors (Lipinski definition) is 3. The number of fused-ring (bicyclic) bond motifs is 1. The van der Waals surface area contributed by atoms with E-state index in [4.69, 9.17) is 11.6 Å². The molecule has 0 aliphatic carbocycles.